The molecule has 0 spiro atoms. The minimum Gasteiger partial charge on any atom is -0.313 e. The van der Waals surface area contributed by atoms with Gasteiger partial charge in [0.15, 0.2) is 0 Å². The van der Waals surface area contributed by atoms with Crippen LogP contribution in [0.15, 0.2) is 34.3 Å². The lowest BCUT2D eigenvalue weighted by atomic mass is 9.96. The van der Waals surface area contributed by atoms with Crippen molar-refractivity contribution in [3.05, 3.63) is 39.7 Å². The van der Waals surface area contributed by atoms with Crippen LogP contribution >= 0.6 is 11.3 Å². The second kappa shape index (κ2) is 6.32. The Morgan fingerprint density at radius 1 is 1.29 bits per heavy atom. The Bertz CT molecular complexity index is 994. The molecular formula is C17H19N5OS. The molecule has 1 aliphatic carbocycles. The van der Waals surface area contributed by atoms with Gasteiger partial charge in [0.2, 0.25) is 4.80 Å². The number of fused-ring (bicyclic) bond motifs is 1. The largest absolute Gasteiger partial charge is 0.313 e. The van der Waals surface area contributed by atoms with Crippen molar-refractivity contribution in [2.45, 2.75) is 38.1 Å². The normalized spacial score (nSPS) is 16.8. The maximum atomic E-state index is 11.8. The molecule has 0 amide bonds. The van der Waals surface area contributed by atoms with E-state index in [9.17, 15) is 4.79 Å². The minimum absolute atomic E-state index is 0.121. The van der Waals surface area contributed by atoms with Crippen molar-refractivity contribution in [3.8, 4) is 10.6 Å². The van der Waals surface area contributed by atoms with E-state index < -0.39 is 0 Å². The zero-order valence-electron chi connectivity index (χ0n) is 13.5. The van der Waals surface area contributed by atoms with Crippen molar-refractivity contribution in [2.24, 2.45) is 12.0 Å². The third-order valence-electron chi connectivity index (χ3n) is 4.46. The summed E-state index contributed by atoms with van der Waals surface area (Å²) in [7, 11) is 1.94. The van der Waals surface area contributed by atoms with Crippen molar-refractivity contribution in [2.75, 3.05) is 0 Å². The van der Waals surface area contributed by atoms with Crippen molar-refractivity contribution < 1.29 is 0 Å². The van der Waals surface area contributed by atoms with Gasteiger partial charge in [-0.3, -0.25) is 9.79 Å². The van der Waals surface area contributed by atoms with E-state index in [4.69, 9.17) is 4.99 Å². The number of rotatable bonds is 2. The van der Waals surface area contributed by atoms with Crippen LogP contribution in [0, 0.1) is 0 Å². The first-order valence-corrected chi connectivity index (χ1v) is 9.08. The Balaban J connectivity index is 1.73. The van der Waals surface area contributed by atoms with E-state index in [0.29, 0.717) is 16.9 Å². The Morgan fingerprint density at radius 3 is 2.96 bits per heavy atom. The fraction of sp³-hybridized carbons (Fsp3) is 0.412. The van der Waals surface area contributed by atoms with Gasteiger partial charge in [-0.1, -0.05) is 36.7 Å². The average Bonchev–Trinajstić information content (AvgIpc) is 2.96. The maximum absolute atomic E-state index is 11.8. The Kier molecular flexibility index (Phi) is 4.02. The van der Waals surface area contributed by atoms with Crippen LogP contribution in [-0.2, 0) is 7.05 Å². The van der Waals surface area contributed by atoms with E-state index >= 15 is 0 Å². The molecule has 1 aromatic carbocycles. The van der Waals surface area contributed by atoms with E-state index in [0.717, 1.165) is 15.4 Å². The summed E-state index contributed by atoms with van der Waals surface area (Å²) in [4.78, 5) is 24.5. The average molecular weight is 341 g/mol. The van der Waals surface area contributed by atoms with Crippen LogP contribution in [0.2, 0.25) is 0 Å². The maximum Gasteiger partial charge on any atom is 0.258 e. The van der Waals surface area contributed by atoms with Gasteiger partial charge in [0.05, 0.1) is 23.3 Å². The topological polar surface area (TPSA) is 75.9 Å². The van der Waals surface area contributed by atoms with Crippen molar-refractivity contribution >= 4 is 22.2 Å². The summed E-state index contributed by atoms with van der Waals surface area (Å²) in [5, 5.41) is 6.09. The van der Waals surface area contributed by atoms with Crippen LogP contribution in [0.3, 0.4) is 0 Å². The molecule has 24 heavy (non-hydrogen) atoms. The summed E-state index contributed by atoms with van der Waals surface area (Å²) >= 11 is 1.59. The number of hydrogen-bond acceptors (Lipinski definition) is 5. The summed E-state index contributed by atoms with van der Waals surface area (Å²) in [6.45, 7) is 0. The summed E-state index contributed by atoms with van der Waals surface area (Å²) in [5.74, 6) is 0. The molecule has 2 aromatic heterocycles. The first-order chi connectivity index (χ1) is 11.7. The van der Waals surface area contributed by atoms with Gasteiger partial charge in [-0.15, -0.1) is 0 Å². The first-order valence-electron chi connectivity index (χ1n) is 8.26. The van der Waals surface area contributed by atoms with Crippen LogP contribution in [0.4, 0.5) is 0 Å². The molecule has 2 heterocycles. The predicted molar refractivity (Wildman–Crippen MR) is 94.9 cm³/mol. The van der Waals surface area contributed by atoms with Gasteiger partial charge in [-0.25, -0.2) is 9.67 Å². The van der Waals surface area contributed by atoms with Crippen LogP contribution in [0.1, 0.15) is 32.1 Å². The minimum atomic E-state index is -0.121. The van der Waals surface area contributed by atoms with E-state index in [2.05, 4.69) is 15.1 Å². The van der Waals surface area contributed by atoms with Crippen LogP contribution in [0.5, 0.6) is 0 Å². The molecule has 3 aromatic rings. The van der Waals surface area contributed by atoms with Crippen LogP contribution in [0.25, 0.3) is 21.5 Å². The van der Waals surface area contributed by atoms with E-state index in [-0.39, 0.29) is 5.56 Å². The van der Waals surface area contributed by atoms with E-state index in [1.165, 1.54) is 38.4 Å². The van der Waals surface area contributed by atoms with Crippen LogP contribution < -0.4 is 10.4 Å². The summed E-state index contributed by atoms with van der Waals surface area (Å²) < 4.78 is 1.85. The molecule has 124 valence electrons. The lowest BCUT2D eigenvalue weighted by Crippen LogP contribution is -2.18. The van der Waals surface area contributed by atoms with Gasteiger partial charge in [0.25, 0.3) is 5.56 Å². The number of hydrogen-bond donors (Lipinski definition) is 1. The molecular weight excluding hydrogens is 322 g/mol. The standard InChI is InChI=1S/C17H19N5OS/c1-22-17(20-12-5-3-2-4-6-12)24-16(21-22)11-7-8-13-14(9-11)18-10-19-15(13)23/h7-10,12H,2-6H2,1H3,(H,18,19,23). The lowest BCUT2D eigenvalue weighted by Gasteiger charge is -2.16. The number of aryl methyl sites for hydroxylation is 1. The number of aromatic amines is 1. The van der Waals surface area contributed by atoms with Crippen LogP contribution in [-0.4, -0.2) is 25.8 Å². The highest BCUT2D eigenvalue weighted by Crippen LogP contribution is 2.23. The van der Waals surface area contributed by atoms with E-state index in [1.807, 2.05) is 23.9 Å². The fourth-order valence-electron chi connectivity index (χ4n) is 3.15. The van der Waals surface area contributed by atoms with Gasteiger partial charge in [0, 0.05) is 12.6 Å². The Hall–Kier alpha value is -2.28. The van der Waals surface area contributed by atoms with Gasteiger partial charge in [-0.2, -0.15) is 5.10 Å². The molecule has 0 bridgehead atoms. The highest BCUT2D eigenvalue weighted by atomic mass is 32.1. The second-order valence-electron chi connectivity index (χ2n) is 6.20. The zero-order chi connectivity index (χ0) is 16.5. The molecule has 0 aliphatic heterocycles. The quantitative estimate of drug-likeness (QED) is 0.778. The van der Waals surface area contributed by atoms with Gasteiger partial charge in [0.1, 0.15) is 5.01 Å². The number of H-pyrrole nitrogens is 1. The predicted octanol–water partition coefficient (Wildman–Crippen LogP) is 2.62. The van der Waals surface area contributed by atoms with Gasteiger partial charge >= 0.3 is 0 Å². The van der Waals surface area contributed by atoms with Crippen molar-refractivity contribution in [1.82, 2.24) is 19.7 Å². The Morgan fingerprint density at radius 2 is 2.12 bits per heavy atom. The number of benzene rings is 1. The summed E-state index contributed by atoms with van der Waals surface area (Å²) in [6.07, 6.45) is 7.66. The summed E-state index contributed by atoms with van der Waals surface area (Å²) in [5.41, 5.74) is 1.52. The second-order valence-corrected chi connectivity index (χ2v) is 7.15. The third-order valence-corrected chi connectivity index (χ3v) is 5.52. The molecule has 1 N–H and O–H groups in total. The Labute approximate surface area is 142 Å². The molecule has 4 rings (SSSR count). The highest BCUT2D eigenvalue weighted by molar-refractivity contribution is 7.12. The zero-order valence-corrected chi connectivity index (χ0v) is 14.3. The fourth-order valence-corrected chi connectivity index (χ4v) is 4.10. The number of nitrogens with one attached hydrogen (secondary N) is 1. The molecule has 0 unspecified atom stereocenters. The molecule has 1 aliphatic rings. The molecule has 7 heteroatoms. The number of aromatic nitrogens is 4. The van der Waals surface area contributed by atoms with Gasteiger partial charge in [-0.05, 0) is 25.0 Å². The monoisotopic (exact) mass is 341 g/mol. The summed E-state index contributed by atoms with van der Waals surface area (Å²) in [6, 6.07) is 6.06. The van der Waals surface area contributed by atoms with Gasteiger partial charge < -0.3 is 4.98 Å². The molecule has 0 saturated heterocycles. The number of nitrogens with zero attached hydrogens (tertiary/aromatic N) is 4. The molecule has 1 saturated carbocycles. The smallest absolute Gasteiger partial charge is 0.258 e. The molecule has 6 nitrogen and oxygen atoms in total. The van der Waals surface area contributed by atoms with Crippen molar-refractivity contribution in [1.29, 1.82) is 0 Å². The highest BCUT2D eigenvalue weighted by Gasteiger charge is 2.13. The lowest BCUT2D eigenvalue weighted by molar-refractivity contribution is 0.434. The first kappa shape index (κ1) is 15.3. The van der Waals surface area contributed by atoms with E-state index in [1.54, 1.807) is 17.4 Å². The third kappa shape index (κ3) is 2.91. The molecule has 1 fully saturated rings. The SMILES string of the molecule is Cn1nc(-c2ccc3c(=O)[nH]cnc3c2)sc1=NC1CCCCC1. The van der Waals surface area contributed by atoms with Crippen molar-refractivity contribution in [3.63, 3.8) is 0 Å². The molecule has 0 radical (unpaired) electrons. The molecule has 0 atom stereocenters.